The summed E-state index contributed by atoms with van der Waals surface area (Å²) in [6, 6.07) is 33.7. The summed E-state index contributed by atoms with van der Waals surface area (Å²) >= 11 is 0. The zero-order valence-corrected chi connectivity index (χ0v) is 33.3. The van der Waals surface area contributed by atoms with Crippen LogP contribution in [0, 0.1) is 18.6 Å². The number of halogens is 2. The SMILES string of the molecule is Cc1c(-c2ccccc2)cccc1-c1ccc(CNCCOCCOCCOCCOCCC(=O)N2CCN(C(c3ccc(F)cc3)c3ccc(F)cc3)CC2)cn1. The molecule has 6 rings (SSSR count). The number of carbonyl (C=O) groups excluding carboxylic acids is 1. The molecule has 0 saturated carbocycles. The first-order chi connectivity index (χ1) is 28.5. The van der Waals surface area contributed by atoms with Crippen molar-refractivity contribution in [3.8, 4) is 22.4 Å². The first kappa shape index (κ1) is 42.7. The van der Waals surface area contributed by atoms with E-state index in [9.17, 15) is 13.6 Å². The third-order valence-corrected chi connectivity index (χ3v) is 10.3. The van der Waals surface area contributed by atoms with Gasteiger partial charge in [-0.05, 0) is 70.6 Å². The lowest BCUT2D eigenvalue weighted by Crippen LogP contribution is -2.50. The predicted molar refractivity (Wildman–Crippen MR) is 222 cm³/mol. The Morgan fingerprint density at radius 2 is 1.22 bits per heavy atom. The van der Waals surface area contributed by atoms with Gasteiger partial charge in [0.1, 0.15) is 11.6 Å². The van der Waals surface area contributed by atoms with Crippen LogP contribution in [-0.2, 0) is 30.3 Å². The Balaban J connectivity index is 0.748. The highest BCUT2D eigenvalue weighted by molar-refractivity contribution is 5.77. The average molecular weight is 793 g/mol. The first-order valence-corrected chi connectivity index (χ1v) is 20.1. The number of ether oxygens (including phenoxy) is 4. The standard InChI is InChI=1S/C47H54F2N4O5/c1-36-43(38-6-3-2-4-7-38)8-5-9-44(36)45-19-10-37(35-51-45)34-50-21-27-56-29-31-58-33-32-57-30-28-55-26-20-46(54)52-22-24-53(25-23-52)47(39-11-15-41(48)16-12-39)40-13-17-42(49)18-14-40/h2-19,35,47,50H,20-34H2,1H3. The molecule has 1 aromatic heterocycles. The van der Waals surface area contributed by atoms with Crippen molar-refractivity contribution in [3.05, 3.63) is 149 Å². The van der Waals surface area contributed by atoms with Gasteiger partial charge < -0.3 is 29.2 Å². The summed E-state index contributed by atoms with van der Waals surface area (Å²) in [5, 5.41) is 3.41. The van der Waals surface area contributed by atoms with Gasteiger partial charge >= 0.3 is 0 Å². The lowest BCUT2D eigenvalue weighted by atomic mass is 9.95. The Hall–Kier alpha value is -4.88. The molecule has 11 heteroatoms. The molecule has 1 aliphatic rings. The van der Waals surface area contributed by atoms with Crippen molar-refractivity contribution in [3.63, 3.8) is 0 Å². The molecule has 9 nitrogen and oxygen atoms in total. The average Bonchev–Trinajstić information content (AvgIpc) is 3.26. The number of carbonyl (C=O) groups is 1. The van der Waals surface area contributed by atoms with E-state index in [1.54, 1.807) is 24.3 Å². The Kier molecular flexibility index (Phi) is 16.9. The van der Waals surface area contributed by atoms with Crippen LogP contribution in [0.5, 0.6) is 0 Å². The van der Waals surface area contributed by atoms with E-state index < -0.39 is 0 Å². The predicted octanol–water partition coefficient (Wildman–Crippen LogP) is 7.48. The molecule has 1 N–H and O–H groups in total. The summed E-state index contributed by atoms with van der Waals surface area (Å²) in [4.78, 5) is 21.7. The van der Waals surface area contributed by atoms with Crippen molar-refractivity contribution in [1.82, 2.24) is 20.1 Å². The largest absolute Gasteiger partial charge is 0.379 e. The number of hydrogen-bond donors (Lipinski definition) is 1. The van der Waals surface area contributed by atoms with Crippen molar-refractivity contribution in [2.24, 2.45) is 0 Å². The smallest absolute Gasteiger partial charge is 0.224 e. The summed E-state index contributed by atoms with van der Waals surface area (Å²) in [7, 11) is 0. The van der Waals surface area contributed by atoms with Gasteiger partial charge in [-0.25, -0.2) is 8.78 Å². The number of hydrogen-bond acceptors (Lipinski definition) is 8. The molecular weight excluding hydrogens is 739 g/mol. The Bertz CT molecular complexity index is 1910. The number of aromatic nitrogens is 1. The van der Waals surface area contributed by atoms with Gasteiger partial charge in [0, 0.05) is 51.0 Å². The van der Waals surface area contributed by atoms with Crippen LogP contribution >= 0.6 is 0 Å². The van der Waals surface area contributed by atoms with Crippen LogP contribution in [0.1, 0.15) is 34.7 Å². The Labute approximate surface area is 340 Å². The number of pyridine rings is 1. The van der Waals surface area contributed by atoms with Crippen LogP contribution in [0.4, 0.5) is 8.78 Å². The topological polar surface area (TPSA) is 85.4 Å². The number of rotatable bonds is 22. The van der Waals surface area contributed by atoms with E-state index in [0.717, 1.165) is 34.5 Å². The maximum atomic E-state index is 13.6. The van der Waals surface area contributed by atoms with Gasteiger partial charge in [0.05, 0.1) is 71.0 Å². The first-order valence-electron chi connectivity index (χ1n) is 20.1. The Morgan fingerprint density at radius 1 is 0.655 bits per heavy atom. The highest BCUT2D eigenvalue weighted by atomic mass is 19.1. The van der Waals surface area contributed by atoms with Crippen LogP contribution in [0.3, 0.4) is 0 Å². The van der Waals surface area contributed by atoms with Crippen LogP contribution in [-0.4, -0.2) is 106 Å². The maximum Gasteiger partial charge on any atom is 0.224 e. The van der Waals surface area contributed by atoms with Gasteiger partial charge in [0.2, 0.25) is 5.91 Å². The highest BCUT2D eigenvalue weighted by Crippen LogP contribution is 2.32. The van der Waals surface area contributed by atoms with E-state index in [-0.39, 0.29) is 23.6 Å². The molecule has 306 valence electrons. The van der Waals surface area contributed by atoms with Crippen molar-refractivity contribution in [2.45, 2.75) is 25.9 Å². The molecule has 2 heterocycles. The van der Waals surface area contributed by atoms with Crippen molar-refractivity contribution in [2.75, 3.05) is 85.6 Å². The van der Waals surface area contributed by atoms with E-state index in [2.05, 4.69) is 71.7 Å². The summed E-state index contributed by atoms with van der Waals surface area (Å²) in [5.74, 6) is -0.560. The summed E-state index contributed by atoms with van der Waals surface area (Å²) < 4.78 is 49.8. The quantitative estimate of drug-likeness (QED) is 0.0723. The second-order valence-corrected chi connectivity index (χ2v) is 14.2. The van der Waals surface area contributed by atoms with Crippen LogP contribution in [0.2, 0.25) is 0 Å². The van der Waals surface area contributed by atoms with E-state index in [1.165, 1.54) is 41.0 Å². The number of piperazine rings is 1. The van der Waals surface area contributed by atoms with Crippen molar-refractivity contribution in [1.29, 1.82) is 0 Å². The third-order valence-electron chi connectivity index (χ3n) is 10.3. The summed E-state index contributed by atoms with van der Waals surface area (Å²) in [6.45, 7) is 9.68. The highest BCUT2D eigenvalue weighted by Gasteiger charge is 2.28. The fourth-order valence-electron chi connectivity index (χ4n) is 7.12. The lowest BCUT2D eigenvalue weighted by molar-refractivity contribution is -0.134. The maximum absolute atomic E-state index is 13.6. The minimum absolute atomic E-state index is 0.0476. The zero-order valence-electron chi connectivity index (χ0n) is 33.3. The molecule has 0 atom stereocenters. The van der Waals surface area contributed by atoms with Gasteiger partial charge in [-0.1, -0.05) is 78.9 Å². The molecule has 58 heavy (non-hydrogen) atoms. The number of nitrogens with one attached hydrogen (secondary N) is 1. The van der Waals surface area contributed by atoms with E-state index in [1.807, 2.05) is 17.2 Å². The molecule has 1 aliphatic heterocycles. The van der Waals surface area contributed by atoms with Gasteiger partial charge in [0.15, 0.2) is 0 Å². The fourth-order valence-corrected chi connectivity index (χ4v) is 7.12. The molecule has 1 fully saturated rings. The zero-order chi connectivity index (χ0) is 40.4. The summed E-state index contributed by atoms with van der Waals surface area (Å²) in [6.07, 6.45) is 2.23. The Morgan fingerprint density at radius 3 is 1.81 bits per heavy atom. The normalized spacial score (nSPS) is 13.3. The van der Waals surface area contributed by atoms with Crippen LogP contribution in [0.15, 0.2) is 115 Å². The van der Waals surface area contributed by atoms with Crippen molar-refractivity contribution >= 4 is 5.91 Å². The second-order valence-electron chi connectivity index (χ2n) is 14.2. The fraction of sp³-hybridized carbons (Fsp3) is 0.362. The molecule has 5 aromatic rings. The molecule has 0 spiro atoms. The number of benzene rings is 4. The van der Waals surface area contributed by atoms with E-state index in [0.29, 0.717) is 92.0 Å². The van der Waals surface area contributed by atoms with Crippen LogP contribution in [0.25, 0.3) is 22.4 Å². The van der Waals surface area contributed by atoms with Crippen molar-refractivity contribution < 1.29 is 32.5 Å². The lowest BCUT2D eigenvalue weighted by Gasteiger charge is -2.40. The summed E-state index contributed by atoms with van der Waals surface area (Å²) in [5.41, 5.74) is 8.72. The molecule has 1 amide bonds. The molecular formula is C47H54F2N4O5. The molecule has 4 aromatic carbocycles. The molecule has 0 bridgehead atoms. The third kappa shape index (κ3) is 12.8. The molecule has 0 radical (unpaired) electrons. The second kappa shape index (κ2) is 22.9. The van der Waals surface area contributed by atoms with Gasteiger partial charge in [-0.3, -0.25) is 14.7 Å². The minimum Gasteiger partial charge on any atom is -0.379 e. The monoisotopic (exact) mass is 792 g/mol. The van der Waals surface area contributed by atoms with Gasteiger partial charge in [-0.15, -0.1) is 0 Å². The molecule has 0 aliphatic carbocycles. The molecule has 0 unspecified atom stereocenters. The van der Waals surface area contributed by atoms with Gasteiger partial charge in [0.25, 0.3) is 0 Å². The minimum atomic E-state index is -0.304. The number of nitrogens with zero attached hydrogens (tertiary/aromatic N) is 3. The van der Waals surface area contributed by atoms with E-state index in [4.69, 9.17) is 23.9 Å². The van der Waals surface area contributed by atoms with E-state index >= 15 is 0 Å². The number of amides is 1. The molecule has 1 saturated heterocycles. The van der Waals surface area contributed by atoms with Gasteiger partial charge in [-0.2, -0.15) is 0 Å². The van der Waals surface area contributed by atoms with Crippen LogP contribution < -0.4 is 5.32 Å².